The summed E-state index contributed by atoms with van der Waals surface area (Å²) in [6, 6.07) is 4.95. The van der Waals surface area contributed by atoms with Crippen LogP contribution >= 0.6 is 15.9 Å². The van der Waals surface area contributed by atoms with Crippen molar-refractivity contribution in [2.24, 2.45) is 5.41 Å². The first-order valence-electron chi connectivity index (χ1n) is 7.28. The summed E-state index contributed by atoms with van der Waals surface area (Å²) in [7, 11) is -3.52. The second kappa shape index (κ2) is 6.36. The predicted octanol–water partition coefficient (Wildman–Crippen LogP) is 3.14. The second-order valence-corrected chi connectivity index (χ2v) is 8.48. The molecular weight excluding hydrogens is 354 g/mol. The number of hydrogen-bond donors (Lipinski definition) is 1. The largest absolute Gasteiger partial charge is 0.392 e. The molecule has 0 radical (unpaired) electrons. The molecule has 0 saturated carbocycles. The van der Waals surface area contributed by atoms with Gasteiger partial charge in [0, 0.05) is 17.6 Å². The van der Waals surface area contributed by atoms with Gasteiger partial charge in [-0.25, -0.2) is 8.42 Å². The molecule has 0 spiro atoms. The molecule has 21 heavy (non-hydrogen) atoms. The summed E-state index contributed by atoms with van der Waals surface area (Å²) in [4.78, 5) is 0.247. The third-order valence-electron chi connectivity index (χ3n) is 4.70. The lowest BCUT2D eigenvalue weighted by atomic mass is 9.82. The first-order valence-corrected chi connectivity index (χ1v) is 9.51. The van der Waals surface area contributed by atoms with Crippen molar-refractivity contribution in [2.45, 2.75) is 44.6 Å². The molecular formula is C15H22BrNO3S. The molecule has 0 bridgehead atoms. The van der Waals surface area contributed by atoms with Crippen LogP contribution in [-0.2, 0) is 16.6 Å². The predicted molar refractivity (Wildman–Crippen MR) is 86.5 cm³/mol. The van der Waals surface area contributed by atoms with Crippen LogP contribution in [0.5, 0.6) is 0 Å². The number of hydrogen-bond acceptors (Lipinski definition) is 3. The first kappa shape index (κ1) is 16.9. The molecule has 1 saturated heterocycles. The van der Waals surface area contributed by atoms with E-state index in [1.807, 2.05) is 0 Å². The lowest BCUT2D eigenvalue weighted by Gasteiger charge is -2.26. The van der Waals surface area contributed by atoms with Crippen molar-refractivity contribution in [1.29, 1.82) is 0 Å². The molecule has 1 fully saturated rings. The molecule has 0 aliphatic carbocycles. The highest BCUT2D eigenvalue weighted by Gasteiger charge is 2.41. The molecule has 6 heteroatoms. The molecule has 4 nitrogen and oxygen atoms in total. The lowest BCUT2D eigenvalue weighted by molar-refractivity contribution is 0.279. The minimum atomic E-state index is -3.52. The number of nitrogens with zero attached hydrogens (tertiary/aromatic N) is 1. The molecule has 1 aromatic rings. The highest BCUT2D eigenvalue weighted by molar-refractivity contribution is 9.10. The standard InChI is InChI=1S/C15H22BrNO3S/c1-3-15(4-2)7-8-17(11-15)21(19,20)14-9-12(10-18)5-6-13(14)16/h5-6,9,18H,3-4,7-8,10-11H2,1-2H3. The summed E-state index contributed by atoms with van der Waals surface area (Å²) in [6.45, 7) is 5.24. The van der Waals surface area contributed by atoms with Gasteiger partial charge >= 0.3 is 0 Å². The fourth-order valence-electron chi connectivity index (χ4n) is 2.91. The van der Waals surface area contributed by atoms with Crippen molar-refractivity contribution >= 4 is 26.0 Å². The number of benzene rings is 1. The Balaban J connectivity index is 2.36. The van der Waals surface area contributed by atoms with E-state index in [2.05, 4.69) is 29.8 Å². The first-order chi connectivity index (χ1) is 9.88. The second-order valence-electron chi connectivity index (χ2n) is 5.72. The molecule has 0 atom stereocenters. The van der Waals surface area contributed by atoms with Gasteiger partial charge in [-0.15, -0.1) is 0 Å². The minimum Gasteiger partial charge on any atom is -0.392 e. The molecule has 1 aliphatic rings. The molecule has 2 rings (SSSR count). The Kier molecular flexibility index (Phi) is 5.13. The summed E-state index contributed by atoms with van der Waals surface area (Å²) in [5.74, 6) is 0. The Morgan fingerprint density at radius 3 is 2.52 bits per heavy atom. The monoisotopic (exact) mass is 375 g/mol. The maximum Gasteiger partial charge on any atom is 0.244 e. The Morgan fingerprint density at radius 1 is 1.33 bits per heavy atom. The van der Waals surface area contributed by atoms with Gasteiger partial charge in [-0.1, -0.05) is 19.9 Å². The maximum absolute atomic E-state index is 12.9. The Bertz CT molecular complexity index is 611. The zero-order valence-electron chi connectivity index (χ0n) is 12.5. The van der Waals surface area contributed by atoms with Gasteiger partial charge in [-0.3, -0.25) is 0 Å². The van der Waals surface area contributed by atoms with E-state index in [1.54, 1.807) is 22.5 Å². The summed E-state index contributed by atoms with van der Waals surface area (Å²) >= 11 is 3.32. The molecule has 0 aromatic heterocycles. The molecule has 1 heterocycles. The van der Waals surface area contributed by atoms with Crippen molar-refractivity contribution in [1.82, 2.24) is 4.31 Å². The molecule has 0 unspecified atom stereocenters. The smallest absolute Gasteiger partial charge is 0.244 e. The van der Waals surface area contributed by atoms with E-state index in [9.17, 15) is 13.5 Å². The van der Waals surface area contributed by atoms with Crippen molar-refractivity contribution in [3.8, 4) is 0 Å². The summed E-state index contributed by atoms with van der Waals surface area (Å²) in [5, 5.41) is 9.22. The molecule has 118 valence electrons. The van der Waals surface area contributed by atoms with Crippen LogP contribution in [0.4, 0.5) is 0 Å². The van der Waals surface area contributed by atoms with E-state index in [-0.39, 0.29) is 16.9 Å². The molecule has 1 aliphatic heterocycles. The maximum atomic E-state index is 12.9. The average molecular weight is 376 g/mol. The van der Waals surface area contributed by atoms with E-state index in [0.717, 1.165) is 19.3 Å². The van der Waals surface area contributed by atoms with Crippen LogP contribution < -0.4 is 0 Å². The highest BCUT2D eigenvalue weighted by atomic mass is 79.9. The van der Waals surface area contributed by atoms with Crippen LogP contribution in [0.1, 0.15) is 38.7 Å². The van der Waals surface area contributed by atoms with Gasteiger partial charge in [-0.2, -0.15) is 4.31 Å². The van der Waals surface area contributed by atoms with Crippen molar-refractivity contribution in [3.05, 3.63) is 28.2 Å². The average Bonchev–Trinajstić information content (AvgIpc) is 2.93. The number of sulfonamides is 1. The fourth-order valence-corrected chi connectivity index (χ4v) is 5.44. The quantitative estimate of drug-likeness (QED) is 0.859. The number of rotatable bonds is 5. The normalized spacial score (nSPS) is 19.0. The van der Waals surface area contributed by atoms with Crippen LogP contribution in [0.15, 0.2) is 27.6 Å². The third-order valence-corrected chi connectivity index (χ3v) is 7.54. The Morgan fingerprint density at radius 2 is 2.00 bits per heavy atom. The van der Waals surface area contributed by atoms with E-state index >= 15 is 0 Å². The van der Waals surface area contributed by atoms with Gasteiger partial charge < -0.3 is 5.11 Å². The topological polar surface area (TPSA) is 57.6 Å². The molecule has 1 aromatic carbocycles. The Labute approximate surface area is 135 Å². The van der Waals surface area contributed by atoms with E-state index in [1.165, 1.54) is 0 Å². The summed E-state index contributed by atoms with van der Waals surface area (Å²) in [6.07, 6.45) is 2.90. The summed E-state index contributed by atoms with van der Waals surface area (Å²) in [5.41, 5.74) is 0.710. The van der Waals surface area contributed by atoms with Crippen LogP contribution in [0, 0.1) is 5.41 Å². The minimum absolute atomic E-state index is 0.105. The van der Waals surface area contributed by atoms with Gasteiger partial charge in [0.05, 0.1) is 11.5 Å². The number of aliphatic hydroxyl groups excluding tert-OH is 1. The number of halogens is 1. The molecule has 0 amide bonds. The van der Waals surface area contributed by atoms with Gasteiger partial charge in [0.1, 0.15) is 0 Å². The van der Waals surface area contributed by atoms with Gasteiger partial charge in [-0.05, 0) is 58.3 Å². The van der Waals surface area contributed by atoms with Gasteiger partial charge in [0.15, 0.2) is 0 Å². The zero-order valence-corrected chi connectivity index (χ0v) is 14.9. The van der Waals surface area contributed by atoms with E-state index in [4.69, 9.17) is 0 Å². The van der Waals surface area contributed by atoms with Crippen molar-refractivity contribution in [2.75, 3.05) is 13.1 Å². The summed E-state index contributed by atoms with van der Waals surface area (Å²) < 4.78 is 27.8. The van der Waals surface area contributed by atoms with E-state index < -0.39 is 10.0 Å². The third kappa shape index (κ3) is 3.18. The van der Waals surface area contributed by atoms with Crippen LogP contribution in [0.25, 0.3) is 0 Å². The van der Waals surface area contributed by atoms with Gasteiger partial charge in [0.25, 0.3) is 0 Å². The fraction of sp³-hybridized carbons (Fsp3) is 0.600. The van der Waals surface area contributed by atoms with Crippen molar-refractivity contribution < 1.29 is 13.5 Å². The zero-order chi connectivity index (χ0) is 15.7. The highest BCUT2D eigenvalue weighted by Crippen LogP contribution is 2.40. The molecule has 1 N–H and O–H groups in total. The lowest BCUT2D eigenvalue weighted by Crippen LogP contribution is -2.32. The van der Waals surface area contributed by atoms with Crippen LogP contribution in [0.2, 0.25) is 0 Å². The SMILES string of the molecule is CCC1(CC)CCN(S(=O)(=O)c2cc(CO)ccc2Br)C1. The van der Waals surface area contributed by atoms with E-state index in [0.29, 0.717) is 23.1 Å². The van der Waals surface area contributed by atoms with Crippen LogP contribution in [0.3, 0.4) is 0 Å². The van der Waals surface area contributed by atoms with Crippen molar-refractivity contribution in [3.63, 3.8) is 0 Å². The van der Waals surface area contributed by atoms with Crippen LogP contribution in [-0.4, -0.2) is 30.9 Å². The number of aliphatic hydroxyl groups is 1. The Hall–Kier alpha value is -0.430. The van der Waals surface area contributed by atoms with Gasteiger partial charge in [0.2, 0.25) is 10.0 Å².